The van der Waals surface area contributed by atoms with Crippen molar-refractivity contribution in [3.8, 4) is 0 Å². The van der Waals surface area contributed by atoms with Gasteiger partial charge in [-0.15, -0.1) is 0 Å². The van der Waals surface area contributed by atoms with Crippen LogP contribution in [-0.2, 0) is 4.79 Å². The molecule has 22 heavy (non-hydrogen) atoms. The van der Waals surface area contributed by atoms with Gasteiger partial charge >= 0.3 is 0 Å². The molecule has 1 aromatic carbocycles. The van der Waals surface area contributed by atoms with Crippen LogP contribution in [0.2, 0.25) is 0 Å². The number of halogens is 2. The Kier molecular flexibility index (Phi) is 5.46. The van der Waals surface area contributed by atoms with E-state index in [-0.39, 0.29) is 24.4 Å². The molecule has 0 atom stereocenters. The number of carbonyl (C=O) groups excluding carboxylic acids is 2. The molecule has 0 aliphatic carbocycles. The monoisotopic (exact) mass is 310 g/mol. The molecule has 1 aliphatic rings. The first kappa shape index (κ1) is 16.4. The lowest BCUT2D eigenvalue weighted by Gasteiger charge is -2.30. The van der Waals surface area contributed by atoms with Gasteiger partial charge in [-0.25, -0.2) is 8.78 Å². The lowest BCUT2D eigenvalue weighted by atomic mass is 9.99. The summed E-state index contributed by atoms with van der Waals surface area (Å²) in [5.74, 6) is -1.65. The van der Waals surface area contributed by atoms with E-state index in [1.165, 1.54) is 0 Å². The third-order valence-electron chi connectivity index (χ3n) is 3.94. The van der Waals surface area contributed by atoms with Crippen molar-refractivity contribution < 1.29 is 18.4 Å². The van der Waals surface area contributed by atoms with Gasteiger partial charge in [0.25, 0.3) is 5.91 Å². The lowest BCUT2D eigenvalue weighted by Crippen LogP contribution is -2.39. The molecule has 1 N–H and O–H groups in total. The zero-order chi connectivity index (χ0) is 16.1. The Morgan fingerprint density at radius 2 is 1.95 bits per heavy atom. The standard InChI is InChI=1S/C16H20F2N2O2/c1-11-5-8-20(9-6-11)15(21)4-7-19-16(22)13-3-2-12(17)10-14(13)18/h2-3,10-11H,4-9H2,1H3,(H,19,22). The number of nitrogens with zero attached hydrogens (tertiary/aromatic N) is 1. The number of piperidine rings is 1. The minimum Gasteiger partial charge on any atom is -0.351 e. The quantitative estimate of drug-likeness (QED) is 0.928. The fourth-order valence-corrected chi connectivity index (χ4v) is 2.47. The molecular formula is C16H20F2N2O2. The van der Waals surface area contributed by atoms with Crippen LogP contribution in [0, 0.1) is 17.6 Å². The summed E-state index contributed by atoms with van der Waals surface area (Å²) in [7, 11) is 0. The number of nitrogens with one attached hydrogen (secondary N) is 1. The molecule has 2 amide bonds. The molecular weight excluding hydrogens is 290 g/mol. The summed E-state index contributed by atoms with van der Waals surface area (Å²) in [5.41, 5.74) is -0.222. The van der Waals surface area contributed by atoms with Crippen LogP contribution < -0.4 is 5.32 Å². The van der Waals surface area contributed by atoms with Gasteiger partial charge in [0.1, 0.15) is 11.6 Å². The number of carbonyl (C=O) groups is 2. The number of likely N-dealkylation sites (tertiary alicyclic amines) is 1. The molecule has 0 radical (unpaired) electrons. The Morgan fingerprint density at radius 1 is 1.27 bits per heavy atom. The Morgan fingerprint density at radius 3 is 2.59 bits per heavy atom. The number of hydrogen-bond donors (Lipinski definition) is 1. The molecule has 1 heterocycles. The van der Waals surface area contributed by atoms with Crippen LogP contribution in [0.25, 0.3) is 0 Å². The van der Waals surface area contributed by atoms with Gasteiger partial charge in [0.05, 0.1) is 5.56 Å². The number of hydrogen-bond acceptors (Lipinski definition) is 2. The highest BCUT2D eigenvalue weighted by molar-refractivity contribution is 5.94. The molecule has 1 saturated heterocycles. The number of rotatable bonds is 4. The van der Waals surface area contributed by atoms with Crippen molar-refractivity contribution in [1.82, 2.24) is 10.2 Å². The molecule has 0 bridgehead atoms. The average molecular weight is 310 g/mol. The first-order valence-corrected chi connectivity index (χ1v) is 7.48. The minimum absolute atomic E-state index is 0.00761. The fourth-order valence-electron chi connectivity index (χ4n) is 2.47. The Hall–Kier alpha value is -1.98. The van der Waals surface area contributed by atoms with Crippen molar-refractivity contribution in [3.05, 3.63) is 35.4 Å². The predicted molar refractivity (Wildman–Crippen MR) is 78.3 cm³/mol. The van der Waals surface area contributed by atoms with Crippen molar-refractivity contribution in [3.63, 3.8) is 0 Å². The molecule has 1 fully saturated rings. The fraction of sp³-hybridized carbons (Fsp3) is 0.500. The van der Waals surface area contributed by atoms with Gasteiger partial charge < -0.3 is 10.2 Å². The first-order valence-electron chi connectivity index (χ1n) is 7.48. The molecule has 6 heteroatoms. The van der Waals surface area contributed by atoms with Gasteiger partial charge in [-0.3, -0.25) is 9.59 Å². The van der Waals surface area contributed by atoms with Gasteiger partial charge in [0.15, 0.2) is 0 Å². The summed E-state index contributed by atoms with van der Waals surface area (Å²) in [6, 6.07) is 2.78. The van der Waals surface area contributed by atoms with E-state index in [0.29, 0.717) is 12.0 Å². The van der Waals surface area contributed by atoms with Gasteiger partial charge in [-0.2, -0.15) is 0 Å². The van der Waals surface area contributed by atoms with E-state index in [4.69, 9.17) is 0 Å². The largest absolute Gasteiger partial charge is 0.351 e. The van der Waals surface area contributed by atoms with Crippen LogP contribution in [0.3, 0.4) is 0 Å². The average Bonchev–Trinajstić information content (AvgIpc) is 2.47. The smallest absolute Gasteiger partial charge is 0.254 e. The van der Waals surface area contributed by atoms with Gasteiger partial charge in [-0.1, -0.05) is 6.92 Å². The van der Waals surface area contributed by atoms with E-state index >= 15 is 0 Å². The highest BCUT2D eigenvalue weighted by atomic mass is 19.1. The molecule has 0 spiro atoms. The highest BCUT2D eigenvalue weighted by Gasteiger charge is 2.20. The third-order valence-corrected chi connectivity index (χ3v) is 3.94. The van der Waals surface area contributed by atoms with Crippen molar-refractivity contribution in [2.45, 2.75) is 26.2 Å². The van der Waals surface area contributed by atoms with Crippen LogP contribution in [0.4, 0.5) is 8.78 Å². The Balaban J connectivity index is 1.78. The predicted octanol–water partition coefficient (Wildman–Crippen LogP) is 2.34. The van der Waals surface area contributed by atoms with Crippen LogP contribution in [-0.4, -0.2) is 36.3 Å². The van der Waals surface area contributed by atoms with Gasteiger partial charge in [0, 0.05) is 32.1 Å². The summed E-state index contributed by atoms with van der Waals surface area (Å²) < 4.78 is 26.2. The molecule has 0 unspecified atom stereocenters. The molecule has 0 aromatic heterocycles. The Bertz CT molecular complexity index is 555. The summed E-state index contributed by atoms with van der Waals surface area (Å²) >= 11 is 0. The van der Waals surface area contributed by atoms with E-state index < -0.39 is 17.5 Å². The maximum Gasteiger partial charge on any atom is 0.254 e. The van der Waals surface area contributed by atoms with Gasteiger partial charge in [0.2, 0.25) is 5.91 Å². The summed E-state index contributed by atoms with van der Waals surface area (Å²) in [4.78, 5) is 25.6. The van der Waals surface area contributed by atoms with E-state index in [1.807, 2.05) is 0 Å². The molecule has 4 nitrogen and oxygen atoms in total. The van der Waals surface area contributed by atoms with Crippen LogP contribution >= 0.6 is 0 Å². The summed E-state index contributed by atoms with van der Waals surface area (Å²) in [6.45, 7) is 3.81. The molecule has 120 valence electrons. The SMILES string of the molecule is CC1CCN(C(=O)CCNC(=O)c2ccc(F)cc2F)CC1. The van der Waals surface area contributed by atoms with Crippen LogP contribution in [0.1, 0.15) is 36.5 Å². The first-order chi connectivity index (χ1) is 10.5. The van der Waals surface area contributed by atoms with Crippen LogP contribution in [0.15, 0.2) is 18.2 Å². The van der Waals surface area contributed by atoms with Crippen molar-refractivity contribution in [1.29, 1.82) is 0 Å². The zero-order valence-corrected chi connectivity index (χ0v) is 12.6. The van der Waals surface area contributed by atoms with Gasteiger partial charge in [-0.05, 0) is 30.9 Å². The molecule has 0 saturated carbocycles. The third kappa shape index (κ3) is 4.26. The van der Waals surface area contributed by atoms with Crippen molar-refractivity contribution >= 4 is 11.8 Å². The number of benzene rings is 1. The maximum atomic E-state index is 13.4. The summed E-state index contributed by atoms with van der Waals surface area (Å²) in [5, 5.41) is 2.49. The van der Waals surface area contributed by atoms with Crippen molar-refractivity contribution in [2.75, 3.05) is 19.6 Å². The summed E-state index contributed by atoms with van der Waals surface area (Å²) in [6.07, 6.45) is 2.18. The van der Waals surface area contributed by atoms with E-state index in [0.717, 1.165) is 38.1 Å². The van der Waals surface area contributed by atoms with E-state index in [9.17, 15) is 18.4 Å². The maximum absolute atomic E-state index is 13.4. The number of amides is 2. The highest BCUT2D eigenvalue weighted by Crippen LogP contribution is 2.16. The van der Waals surface area contributed by atoms with E-state index in [1.54, 1.807) is 4.90 Å². The second kappa shape index (κ2) is 7.33. The van der Waals surface area contributed by atoms with Crippen molar-refractivity contribution in [2.24, 2.45) is 5.92 Å². The zero-order valence-electron chi connectivity index (χ0n) is 12.6. The molecule has 2 rings (SSSR count). The lowest BCUT2D eigenvalue weighted by molar-refractivity contribution is -0.132. The minimum atomic E-state index is -0.908. The normalized spacial score (nSPS) is 15.7. The second-order valence-electron chi connectivity index (χ2n) is 5.69. The molecule has 1 aromatic rings. The molecule has 1 aliphatic heterocycles. The topological polar surface area (TPSA) is 49.4 Å². The Labute approximate surface area is 128 Å². The second-order valence-corrected chi connectivity index (χ2v) is 5.69. The van der Waals surface area contributed by atoms with Crippen LogP contribution in [0.5, 0.6) is 0 Å². The van der Waals surface area contributed by atoms with E-state index in [2.05, 4.69) is 12.2 Å².